The van der Waals surface area contributed by atoms with Gasteiger partial charge in [-0.15, -0.1) is 0 Å². The summed E-state index contributed by atoms with van der Waals surface area (Å²) < 4.78 is 5.57. The highest BCUT2D eigenvalue weighted by Crippen LogP contribution is 2.67. The first-order chi connectivity index (χ1) is 15.3. The van der Waals surface area contributed by atoms with Gasteiger partial charge in [-0.05, 0) is 80.2 Å². The van der Waals surface area contributed by atoms with Crippen LogP contribution in [0, 0.1) is 40.4 Å². The molecule has 1 aromatic rings. The van der Waals surface area contributed by atoms with Crippen LogP contribution in [0.4, 0.5) is 0 Å². The molecule has 170 valence electrons. The molecule has 0 aromatic heterocycles. The van der Waals surface area contributed by atoms with Crippen LogP contribution in [0.3, 0.4) is 0 Å². The van der Waals surface area contributed by atoms with E-state index in [1.807, 2.05) is 30.3 Å². The largest absolute Gasteiger partial charge is 0.462 e. The van der Waals surface area contributed by atoms with Crippen molar-refractivity contribution < 1.29 is 14.6 Å². The van der Waals surface area contributed by atoms with Crippen LogP contribution in [-0.4, -0.2) is 22.8 Å². The highest BCUT2D eigenvalue weighted by atomic mass is 16.5. The van der Waals surface area contributed by atoms with Gasteiger partial charge in [-0.3, -0.25) is 4.79 Å². The Bertz CT molecular complexity index is 985. The smallest absolute Gasteiger partial charge is 0.302 e. The van der Waals surface area contributed by atoms with Gasteiger partial charge in [-0.1, -0.05) is 55.5 Å². The van der Waals surface area contributed by atoms with Gasteiger partial charge in [0.2, 0.25) is 0 Å². The summed E-state index contributed by atoms with van der Waals surface area (Å²) >= 11 is 0. The Morgan fingerprint density at radius 2 is 1.81 bits per heavy atom. The molecule has 0 heterocycles. The quantitative estimate of drug-likeness (QED) is 0.354. The number of benzene rings is 1. The lowest BCUT2D eigenvalue weighted by Crippen LogP contribution is -2.54. The van der Waals surface area contributed by atoms with Crippen molar-refractivity contribution in [2.24, 2.45) is 28.6 Å². The van der Waals surface area contributed by atoms with Crippen molar-refractivity contribution >= 4 is 5.97 Å². The molecule has 3 saturated carbocycles. The van der Waals surface area contributed by atoms with Crippen LogP contribution < -0.4 is 0 Å². The summed E-state index contributed by atoms with van der Waals surface area (Å²) in [5.41, 5.74) is 1.64. The summed E-state index contributed by atoms with van der Waals surface area (Å²) in [6.45, 7) is 6.28. The van der Waals surface area contributed by atoms with Crippen LogP contribution in [0.2, 0.25) is 0 Å². The zero-order valence-electron chi connectivity index (χ0n) is 19.7. The normalized spacial score (nSPS) is 42.4. The van der Waals surface area contributed by atoms with Crippen LogP contribution in [0.15, 0.2) is 42.0 Å². The second-order valence-corrected chi connectivity index (χ2v) is 11.2. The zero-order valence-corrected chi connectivity index (χ0v) is 19.7. The van der Waals surface area contributed by atoms with Gasteiger partial charge >= 0.3 is 5.97 Å². The third-order valence-electron chi connectivity index (χ3n) is 9.73. The molecule has 0 aliphatic heterocycles. The number of rotatable bonds is 1. The van der Waals surface area contributed by atoms with E-state index in [0.717, 1.165) is 56.9 Å². The number of hydrogen-bond acceptors (Lipinski definition) is 3. The van der Waals surface area contributed by atoms with Crippen LogP contribution in [-0.2, 0) is 9.53 Å². The Balaban J connectivity index is 1.40. The van der Waals surface area contributed by atoms with Crippen LogP contribution in [0.5, 0.6) is 0 Å². The van der Waals surface area contributed by atoms with Crippen molar-refractivity contribution in [3.63, 3.8) is 0 Å². The third-order valence-corrected chi connectivity index (χ3v) is 9.73. The molecule has 0 radical (unpaired) electrons. The number of aliphatic hydroxyl groups is 1. The van der Waals surface area contributed by atoms with E-state index >= 15 is 0 Å². The molecule has 4 aliphatic carbocycles. The van der Waals surface area contributed by atoms with Gasteiger partial charge in [0, 0.05) is 24.3 Å². The van der Waals surface area contributed by atoms with Crippen LogP contribution in [0.25, 0.3) is 0 Å². The molecule has 32 heavy (non-hydrogen) atoms. The number of hydrogen-bond donors (Lipinski definition) is 1. The third kappa shape index (κ3) is 3.34. The lowest BCUT2D eigenvalue weighted by atomic mass is 9.47. The maximum atomic E-state index is 11.8. The van der Waals surface area contributed by atoms with Gasteiger partial charge in [-0.2, -0.15) is 0 Å². The lowest BCUT2D eigenvalue weighted by Gasteiger charge is -2.58. The van der Waals surface area contributed by atoms with Crippen molar-refractivity contribution in [2.45, 2.75) is 83.8 Å². The Morgan fingerprint density at radius 1 is 1.06 bits per heavy atom. The van der Waals surface area contributed by atoms with Crippen LogP contribution in [0.1, 0.15) is 77.7 Å². The molecule has 0 saturated heterocycles. The minimum atomic E-state index is -0.906. The Labute approximate surface area is 192 Å². The molecular formula is C29H36O3. The van der Waals surface area contributed by atoms with Crippen molar-refractivity contribution in [2.75, 3.05) is 0 Å². The SMILES string of the molecule is CC(=O)O[C@H]1CC[C@]2(C)C(=CC[C@@H]3[C@H]2CC[C@]2(C)[C@@H]3CC[C@@]2(O)C#Cc2ccccc2)C1. The summed E-state index contributed by atoms with van der Waals surface area (Å²) in [5, 5.41) is 11.8. The molecule has 0 bridgehead atoms. The lowest BCUT2D eigenvalue weighted by molar-refractivity contribution is -0.149. The van der Waals surface area contributed by atoms with E-state index in [-0.39, 0.29) is 22.9 Å². The standard InChI is InChI=1S/C29H36O3/c1-20(30)32-23-12-15-27(2)22(19-23)9-10-24-25(27)13-16-28(3)26(24)14-18-29(28,31)17-11-21-7-5-4-6-8-21/h4-9,23-26,31H,10,12-16,18-19H2,1-3H3/t23-,24+,25+,26+,27+,28+,29-/m0/s1. The molecular weight excluding hydrogens is 396 g/mol. The van der Waals surface area contributed by atoms with Crippen molar-refractivity contribution in [3.05, 3.63) is 47.5 Å². The van der Waals surface area contributed by atoms with E-state index in [1.165, 1.54) is 12.5 Å². The molecule has 3 heteroatoms. The second-order valence-electron chi connectivity index (χ2n) is 11.2. The Hall–Kier alpha value is -2.05. The summed E-state index contributed by atoms with van der Waals surface area (Å²) in [5.74, 6) is 8.23. The topological polar surface area (TPSA) is 46.5 Å². The number of esters is 1. The van der Waals surface area contributed by atoms with E-state index < -0.39 is 5.60 Å². The highest BCUT2D eigenvalue weighted by Gasteiger charge is 2.63. The predicted molar refractivity (Wildman–Crippen MR) is 126 cm³/mol. The maximum absolute atomic E-state index is 11.8. The van der Waals surface area contributed by atoms with Crippen LogP contribution >= 0.6 is 0 Å². The number of ether oxygens (including phenoxy) is 1. The molecule has 0 amide bonds. The molecule has 4 aliphatic rings. The molecule has 5 rings (SSSR count). The second kappa shape index (κ2) is 7.77. The molecule has 3 fully saturated rings. The summed E-state index contributed by atoms with van der Waals surface area (Å²) in [6.07, 6.45) is 10.6. The van der Waals surface area contributed by atoms with Gasteiger partial charge in [0.25, 0.3) is 0 Å². The van der Waals surface area contributed by atoms with Gasteiger partial charge in [0.15, 0.2) is 0 Å². The Kier molecular flexibility index (Phi) is 5.29. The first-order valence-corrected chi connectivity index (χ1v) is 12.4. The maximum Gasteiger partial charge on any atom is 0.302 e. The van der Waals surface area contributed by atoms with E-state index in [4.69, 9.17) is 4.74 Å². The van der Waals surface area contributed by atoms with Gasteiger partial charge in [0.05, 0.1) is 0 Å². The van der Waals surface area contributed by atoms with E-state index in [2.05, 4.69) is 31.8 Å². The first-order valence-electron chi connectivity index (χ1n) is 12.4. The number of fused-ring (bicyclic) bond motifs is 5. The summed E-state index contributed by atoms with van der Waals surface area (Å²) in [7, 11) is 0. The van der Waals surface area contributed by atoms with E-state index in [1.54, 1.807) is 0 Å². The van der Waals surface area contributed by atoms with E-state index in [9.17, 15) is 9.90 Å². The van der Waals surface area contributed by atoms with Crippen molar-refractivity contribution in [3.8, 4) is 11.8 Å². The minimum Gasteiger partial charge on any atom is -0.462 e. The fraction of sp³-hybridized carbons (Fsp3) is 0.621. The highest BCUT2D eigenvalue weighted by molar-refractivity contribution is 5.66. The monoisotopic (exact) mass is 432 g/mol. The molecule has 3 nitrogen and oxygen atoms in total. The molecule has 7 atom stereocenters. The number of allylic oxidation sites excluding steroid dienone is 1. The number of carbonyl (C=O) groups excluding carboxylic acids is 1. The minimum absolute atomic E-state index is 0.0436. The van der Waals surface area contributed by atoms with Crippen molar-refractivity contribution in [1.29, 1.82) is 0 Å². The summed E-state index contributed by atoms with van der Waals surface area (Å²) in [6, 6.07) is 10.0. The fourth-order valence-corrected chi connectivity index (χ4v) is 7.88. The molecule has 1 aromatic carbocycles. The predicted octanol–water partition coefficient (Wildman–Crippen LogP) is 5.66. The average Bonchev–Trinajstić information content (AvgIpc) is 3.04. The summed E-state index contributed by atoms with van der Waals surface area (Å²) in [4.78, 5) is 11.5. The average molecular weight is 433 g/mol. The van der Waals surface area contributed by atoms with Gasteiger partial charge < -0.3 is 9.84 Å². The molecule has 0 unspecified atom stereocenters. The fourth-order valence-electron chi connectivity index (χ4n) is 7.88. The Morgan fingerprint density at radius 3 is 2.56 bits per heavy atom. The molecule has 0 spiro atoms. The van der Waals surface area contributed by atoms with Gasteiger partial charge in [0.1, 0.15) is 11.7 Å². The number of carbonyl (C=O) groups is 1. The zero-order chi connectivity index (χ0) is 22.6. The van der Waals surface area contributed by atoms with E-state index in [0.29, 0.717) is 17.8 Å². The van der Waals surface area contributed by atoms with Crippen molar-refractivity contribution in [1.82, 2.24) is 0 Å². The first kappa shape index (κ1) is 21.8. The van der Waals surface area contributed by atoms with Gasteiger partial charge in [-0.25, -0.2) is 0 Å². The molecule has 1 N–H and O–H groups in total.